The number of imide groups is 1. The molecule has 9 rings (SSSR count). The van der Waals surface area contributed by atoms with Crippen LogP contribution >= 0.6 is 0 Å². The quantitative estimate of drug-likeness (QED) is 0.356. The maximum atomic E-state index is 13.3. The van der Waals surface area contributed by atoms with Crippen LogP contribution in [0.1, 0.15) is 121 Å². The Bertz CT molecular complexity index is 1640. The van der Waals surface area contributed by atoms with Gasteiger partial charge < -0.3 is 24.2 Å². The van der Waals surface area contributed by atoms with Crippen LogP contribution in [0.3, 0.4) is 0 Å². The normalized spacial score (nSPS) is 47.3. The summed E-state index contributed by atoms with van der Waals surface area (Å²) in [4.78, 5) is 42.6. The highest BCUT2D eigenvalue weighted by atomic mass is 16.7. The number of benzene rings is 1. The minimum Gasteiger partial charge on any atom is -0.390 e. The second kappa shape index (κ2) is 11.6. The fourth-order valence-electron chi connectivity index (χ4n) is 14.8. The molecule has 1 aromatic rings. The summed E-state index contributed by atoms with van der Waals surface area (Å²) in [5.74, 6) is 1.15. The first-order chi connectivity index (χ1) is 24.6. The Hall–Kier alpha value is -2.33. The monoisotopic (exact) mass is 716 g/mol. The van der Waals surface area contributed by atoms with E-state index in [4.69, 9.17) is 14.2 Å². The predicted octanol–water partition coefficient (Wildman–Crippen LogP) is 6.32. The van der Waals surface area contributed by atoms with Crippen molar-refractivity contribution in [3.05, 3.63) is 35.4 Å². The molecular weight excluding hydrogens is 656 g/mol. The fraction of sp³-hybridized carbons (Fsp3) is 0.791. The van der Waals surface area contributed by atoms with Gasteiger partial charge in [-0.25, -0.2) is 0 Å². The van der Waals surface area contributed by atoms with Gasteiger partial charge in [0.1, 0.15) is 0 Å². The van der Waals surface area contributed by atoms with Crippen molar-refractivity contribution in [2.24, 2.45) is 56.7 Å². The molecule has 284 valence electrons. The minimum absolute atomic E-state index is 0.0285. The largest absolute Gasteiger partial charge is 0.390 e. The van der Waals surface area contributed by atoms with Gasteiger partial charge in [-0.1, -0.05) is 60.6 Å². The average Bonchev–Trinajstić information content (AvgIpc) is 3.68. The lowest BCUT2D eigenvalue weighted by molar-refractivity contribution is -0.248. The molecule has 13 atom stereocenters. The van der Waals surface area contributed by atoms with Gasteiger partial charge in [-0.05, 0) is 109 Å². The SMILES string of the molecule is CC(C)C(=O)N1CCO[C@@H](O[C@H]2CCC34C[C@]35CC[C@]3(C)C6[C@H](C)C[C@H](CN7C(=O)c8ccccc8C7=O)O[C@@H]6[C@H](O)[C@@]3(C)[C@@H]5CC[C@H]4C2(C)C)C1. The molecule has 1 aromatic carbocycles. The third-order valence-electron chi connectivity index (χ3n) is 17.2. The number of nitrogens with zero attached hydrogens (tertiary/aromatic N) is 2. The molecule has 2 spiro atoms. The van der Waals surface area contributed by atoms with Crippen LogP contribution in [0.25, 0.3) is 0 Å². The summed E-state index contributed by atoms with van der Waals surface area (Å²) >= 11 is 0. The van der Waals surface area contributed by atoms with E-state index in [1.165, 1.54) is 17.7 Å². The standard InChI is InChI=1S/C43H60N2O7/c1-24(2)36(47)44-18-19-50-32(22-44)52-31-14-15-42-23-43(42)17-16-40(6)33-25(3)20-26(21-45-37(48)27-10-8-9-11-28(27)38(45)49)51-34(33)35(46)41(40,7)30(43)13-12-29(42)39(31,4)5/h8-11,24-26,29-35,46H,12-23H2,1-7H3/t25-,26-,29+,30+,31+,32+,33?,34+,35+,40-,41-,42?,43+/m1/s1. The molecule has 3 aliphatic heterocycles. The zero-order chi connectivity index (χ0) is 36.7. The smallest absolute Gasteiger partial charge is 0.261 e. The molecule has 3 heterocycles. The van der Waals surface area contributed by atoms with Crippen molar-refractivity contribution >= 4 is 17.7 Å². The van der Waals surface area contributed by atoms with Gasteiger partial charge in [-0.3, -0.25) is 19.3 Å². The van der Waals surface area contributed by atoms with Gasteiger partial charge in [0, 0.05) is 17.9 Å². The van der Waals surface area contributed by atoms with Crippen molar-refractivity contribution in [1.29, 1.82) is 0 Å². The molecule has 9 heteroatoms. The zero-order valence-electron chi connectivity index (χ0n) is 32.4. The second-order valence-electron chi connectivity index (χ2n) is 19.8. The molecule has 2 unspecified atom stereocenters. The molecule has 7 fully saturated rings. The van der Waals surface area contributed by atoms with Crippen LogP contribution < -0.4 is 0 Å². The molecule has 1 N–H and O–H groups in total. The lowest BCUT2D eigenvalue weighted by Gasteiger charge is -2.64. The second-order valence-corrected chi connectivity index (χ2v) is 19.8. The van der Waals surface area contributed by atoms with Gasteiger partial charge in [0.05, 0.1) is 55.2 Å². The van der Waals surface area contributed by atoms with Crippen molar-refractivity contribution < 1.29 is 33.7 Å². The summed E-state index contributed by atoms with van der Waals surface area (Å²) in [5, 5.41) is 12.6. The van der Waals surface area contributed by atoms with Crippen molar-refractivity contribution in [2.75, 3.05) is 26.2 Å². The highest BCUT2D eigenvalue weighted by Gasteiger charge is 2.84. The van der Waals surface area contributed by atoms with Gasteiger partial charge >= 0.3 is 0 Å². The molecule has 5 saturated carbocycles. The number of morpholine rings is 1. The van der Waals surface area contributed by atoms with Gasteiger partial charge in [-0.15, -0.1) is 0 Å². The minimum atomic E-state index is -0.598. The van der Waals surface area contributed by atoms with Crippen LogP contribution in [0, 0.1) is 56.7 Å². The first-order valence-corrected chi connectivity index (χ1v) is 20.5. The van der Waals surface area contributed by atoms with Crippen LogP contribution in [0.5, 0.6) is 0 Å². The van der Waals surface area contributed by atoms with Crippen molar-refractivity contribution in [2.45, 2.75) is 131 Å². The van der Waals surface area contributed by atoms with E-state index >= 15 is 0 Å². The number of rotatable bonds is 5. The first-order valence-electron chi connectivity index (χ1n) is 20.5. The number of carbonyl (C=O) groups is 3. The number of hydrogen-bond donors (Lipinski definition) is 1. The third kappa shape index (κ3) is 4.45. The van der Waals surface area contributed by atoms with E-state index in [-0.39, 0.29) is 87.8 Å². The Balaban J connectivity index is 0.930. The predicted molar refractivity (Wildman–Crippen MR) is 194 cm³/mol. The maximum absolute atomic E-state index is 13.3. The fourth-order valence-corrected chi connectivity index (χ4v) is 14.8. The summed E-state index contributed by atoms with van der Waals surface area (Å²) in [6, 6.07) is 7.07. The van der Waals surface area contributed by atoms with E-state index in [0.29, 0.717) is 48.6 Å². The molecule has 5 aliphatic carbocycles. The summed E-state index contributed by atoms with van der Waals surface area (Å²) in [5.41, 5.74) is 1.06. The van der Waals surface area contributed by atoms with Crippen LogP contribution in [0.4, 0.5) is 0 Å². The van der Waals surface area contributed by atoms with Crippen LogP contribution in [0.15, 0.2) is 24.3 Å². The van der Waals surface area contributed by atoms with Crippen LogP contribution in [0.2, 0.25) is 0 Å². The van der Waals surface area contributed by atoms with E-state index < -0.39 is 6.10 Å². The Kier molecular flexibility index (Phi) is 7.89. The lowest BCUT2D eigenvalue weighted by atomic mass is 9.41. The molecule has 0 bridgehead atoms. The van der Waals surface area contributed by atoms with E-state index in [1.54, 1.807) is 24.3 Å². The summed E-state index contributed by atoms with van der Waals surface area (Å²) in [7, 11) is 0. The van der Waals surface area contributed by atoms with Gasteiger partial charge in [-0.2, -0.15) is 0 Å². The molecule has 3 amide bonds. The third-order valence-corrected chi connectivity index (χ3v) is 17.2. The average molecular weight is 717 g/mol. The van der Waals surface area contributed by atoms with E-state index in [0.717, 1.165) is 38.5 Å². The number of amides is 3. The number of carbonyl (C=O) groups excluding carboxylic acids is 3. The lowest BCUT2D eigenvalue weighted by Crippen LogP contribution is -2.60. The van der Waals surface area contributed by atoms with Crippen molar-refractivity contribution in [1.82, 2.24) is 9.80 Å². The van der Waals surface area contributed by atoms with Gasteiger partial charge in [0.15, 0.2) is 6.29 Å². The summed E-state index contributed by atoms with van der Waals surface area (Å²) in [6.07, 6.45) is 7.21. The number of aliphatic hydroxyl groups is 1. The Morgan fingerprint density at radius 2 is 1.65 bits per heavy atom. The molecule has 52 heavy (non-hydrogen) atoms. The molecule has 0 radical (unpaired) electrons. The number of fused-ring (bicyclic) bond motifs is 5. The van der Waals surface area contributed by atoms with Crippen molar-refractivity contribution in [3.8, 4) is 0 Å². The summed E-state index contributed by atoms with van der Waals surface area (Å²) < 4.78 is 19.8. The van der Waals surface area contributed by atoms with E-state index in [2.05, 4.69) is 34.6 Å². The van der Waals surface area contributed by atoms with E-state index in [9.17, 15) is 19.5 Å². The van der Waals surface area contributed by atoms with Gasteiger partial charge in [0.25, 0.3) is 11.8 Å². The highest BCUT2D eigenvalue weighted by Crippen LogP contribution is 2.89. The van der Waals surface area contributed by atoms with E-state index in [1.807, 2.05) is 18.7 Å². The molecular formula is C43H60N2O7. The van der Waals surface area contributed by atoms with Crippen LogP contribution in [-0.4, -0.2) is 89.6 Å². The topological polar surface area (TPSA) is 106 Å². The number of aliphatic hydroxyl groups excluding tert-OH is 1. The Labute approximate surface area is 309 Å². The molecule has 0 aromatic heterocycles. The summed E-state index contributed by atoms with van der Waals surface area (Å²) in [6.45, 7) is 17.8. The van der Waals surface area contributed by atoms with Crippen LogP contribution in [-0.2, 0) is 19.0 Å². The molecule has 8 aliphatic rings. The highest BCUT2D eigenvalue weighted by molar-refractivity contribution is 6.21. The molecule has 2 saturated heterocycles. The number of hydrogen-bond acceptors (Lipinski definition) is 7. The first kappa shape index (κ1) is 35.4. The molecule has 9 nitrogen and oxygen atoms in total. The Morgan fingerprint density at radius 3 is 2.35 bits per heavy atom. The van der Waals surface area contributed by atoms with Gasteiger partial charge in [0.2, 0.25) is 5.91 Å². The maximum Gasteiger partial charge on any atom is 0.261 e. The number of ether oxygens (including phenoxy) is 3. The van der Waals surface area contributed by atoms with Crippen molar-refractivity contribution in [3.63, 3.8) is 0 Å². The Morgan fingerprint density at radius 1 is 0.981 bits per heavy atom. The zero-order valence-corrected chi connectivity index (χ0v) is 32.4.